The molecule has 0 aliphatic carbocycles. The molecule has 25 heavy (non-hydrogen) atoms. The summed E-state index contributed by atoms with van der Waals surface area (Å²) >= 11 is 0. The Balaban J connectivity index is 1.75. The minimum atomic E-state index is -1.06. The van der Waals surface area contributed by atoms with E-state index in [1.165, 1.54) is 4.90 Å². The fourth-order valence-electron chi connectivity index (χ4n) is 3.45. The third kappa shape index (κ3) is 2.47. The summed E-state index contributed by atoms with van der Waals surface area (Å²) in [6.45, 7) is 2.05. The Morgan fingerprint density at radius 1 is 0.880 bits per heavy atom. The summed E-state index contributed by atoms with van der Waals surface area (Å²) in [5.41, 5.74) is 0.680. The highest BCUT2D eigenvalue weighted by molar-refractivity contribution is 6.09. The Kier molecular flexibility index (Phi) is 3.53. The number of hydrogen-bond donors (Lipinski definition) is 1. The fraction of sp³-hybridized carbons (Fsp3) is 0.143. The second-order valence-corrected chi connectivity index (χ2v) is 6.46. The summed E-state index contributed by atoms with van der Waals surface area (Å²) in [5.74, 6) is -0.224. The van der Waals surface area contributed by atoms with E-state index >= 15 is 0 Å². The quantitative estimate of drug-likeness (QED) is 0.743. The average Bonchev–Trinajstić information content (AvgIpc) is 2.86. The van der Waals surface area contributed by atoms with Gasteiger partial charge in [-0.2, -0.15) is 0 Å². The lowest BCUT2D eigenvalue weighted by molar-refractivity contribution is -0.131. The normalized spacial score (nSPS) is 20.1. The van der Waals surface area contributed by atoms with Crippen LogP contribution in [0, 0.1) is 0 Å². The van der Waals surface area contributed by atoms with Crippen molar-refractivity contribution in [1.82, 2.24) is 10.2 Å². The van der Waals surface area contributed by atoms with Crippen LogP contribution in [0.4, 0.5) is 4.79 Å². The molecule has 1 atom stereocenters. The summed E-state index contributed by atoms with van der Waals surface area (Å²) in [7, 11) is 0. The van der Waals surface area contributed by atoms with E-state index in [1.807, 2.05) is 72.8 Å². The molecule has 3 aromatic rings. The van der Waals surface area contributed by atoms with Gasteiger partial charge in [0, 0.05) is 0 Å². The van der Waals surface area contributed by atoms with E-state index in [0.29, 0.717) is 0 Å². The summed E-state index contributed by atoms with van der Waals surface area (Å²) in [5, 5.41) is 4.92. The van der Waals surface area contributed by atoms with Crippen LogP contribution in [0.1, 0.15) is 18.1 Å². The Bertz CT molecular complexity index is 963. The summed E-state index contributed by atoms with van der Waals surface area (Å²) < 4.78 is 0. The zero-order valence-electron chi connectivity index (χ0n) is 13.9. The number of urea groups is 1. The predicted molar refractivity (Wildman–Crippen MR) is 96.8 cm³/mol. The third-order valence-corrected chi connectivity index (χ3v) is 4.79. The first kappa shape index (κ1) is 15.4. The standard InChI is InChI=1S/C21H18N2O2/c1-21(18-13-7-11-16-10-5-6-12-17(16)18)19(24)23(20(25)22-21)14-15-8-3-2-4-9-15/h2-13H,14H2,1H3,(H,22,25)/t21-/m1/s1. The summed E-state index contributed by atoms with van der Waals surface area (Å²) in [6.07, 6.45) is 0. The van der Waals surface area contributed by atoms with Crippen LogP contribution < -0.4 is 5.32 Å². The van der Waals surface area contributed by atoms with Gasteiger partial charge in [0.1, 0.15) is 5.54 Å². The van der Waals surface area contributed by atoms with Gasteiger partial charge in [0.15, 0.2) is 0 Å². The van der Waals surface area contributed by atoms with Gasteiger partial charge in [0.2, 0.25) is 0 Å². The monoisotopic (exact) mass is 330 g/mol. The number of imide groups is 1. The number of hydrogen-bond acceptors (Lipinski definition) is 2. The van der Waals surface area contributed by atoms with Crippen LogP contribution in [0.25, 0.3) is 10.8 Å². The Morgan fingerprint density at radius 3 is 2.36 bits per heavy atom. The van der Waals surface area contributed by atoms with Crippen LogP contribution in [0.3, 0.4) is 0 Å². The van der Waals surface area contributed by atoms with E-state index in [2.05, 4.69) is 5.32 Å². The van der Waals surface area contributed by atoms with Crippen LogP contribution in [0.15, 0.2) is 72.8 Å². The van der Waals surface area contributed by atoms with Crippen molar-refractivity contribution < 1.29 is 9.59 Å². The van der Waals surface area contributed by atoms with Gasteiger partial charge < -0.3 is 5.32 Å². The maximum atomic E-state index is 13.1. The van der Waals surface area contributed by atoms with Crippen LogP contribution in [0.5, 0.6) is 0 Å². The lowest BCUT2D eigenvalue weighted by atomic mass is 9.88. The number of carbonyl (C=O) groups excluding carboxylic acids is 2. The summed E-state index contributed by atoms with van der Waals surface area (Å²) in [6, 6.07) is 22.9. The molecule has 0 bridgehead atoms. The van der Waals surface area contributed by atoms with Crippen molar-refractivity contribution in [3.05, 3.63) is 83.9 Å². The number of nitrogens with one attached hydrogen (secondary N) is 1. The van der Waals surface area contributed by atoms with Crippen molar-refractivity contribution in [2.75, 3.05) is 0 Å². The first-order valence-corrected chi connectivity index (χ1v) is 8.26. The smallest absolute Gasteiger partial charge is 0.319 e. The number of amides is 3. The second kappa shape index (κ2) is 5.74. The van der Waals surface area contributed by atoms with Crippen molar-refractivity contribution in [3.63, 3.8) is 0 Å². The fourth-order valence-corrected chi connectivity index (χ4v) is 3.45. The maximum absolute atomic E-state index is 13.1. The molecule has 4 nitrogen and oxygen atoms in total. The van der Waals surface area contributed by atoms with Gasteiger partial charge >= 0.3 is 6.03 Å². The molecule has 1 aliphatic rings. The molecule has 0 radical (unpaired) electrons. The molecular formula is C21H18N2O2. The minimum absolute atomic E-state index is 0.224. The van der Waals surface area contributed by atoms with Gasteiger partial charge in [-0.25, -0.2) is 4.79 Å². The van der Waals surface area contributed by atoms with Crippen molar-refractivity contribution >= 4 is 22.7 Å². The molecule has 0 aromatic heterocycles. The van der Waals surface area contributed by atoms with Crippen molar-refractivity contribution in [2.45, 2.75) is 19.0 Å². The highest BCUT2D eigenvalue weighted by Gasteiger charge is 2.49. The van der Waals surface area contributed by atoms with Gasteiger partial charge in [-0.3, -0.25) is 9.69 Å². The predicted octanol–water partition coefficient (Wildman–Crippen LogP) is 3.81. The molecule has 4 heteroatoms. The molecule has 1 fully saturated rings. The molecule has 124 valence electrons. The van der Waals surface area contributed by atoms with E-state index < -0.39 is 5.54 Å². The van der Waals surface area contributed by atoms with E-state index in [9.17, 15) is 9.59 Å². The molecule has 1 heterocycles. The summed E-state index contributed by atoms with van der Waals surface area (Å²) in [4.78, 5) is 26.9. The molecule has 0 spiro atoms. The molecule has 0 unspecified atom stereocenters. The number of benzene rings is 3. The zero-order chi connectivity index (χ0) is 17.4. The molecule has 4 rings (SSSR count). The Morgan fingerprint density at radius 2 is 1.56 bits per heavy atom. The van der Waals surface area contributed by atoms with E-state index in [0.717, 1.165) is 21.9 Å². The molecule has 0 saturated carbocycles. The van der Waals surface area contributed by atoms with Crippen LogP contribution in [0.2, 0.25) is 0 Å². The largest absolute Gasteiger partial charge is 0.325 e. The van der Waals surface area contributed by atoms with Crippen molar-refractivity contribution in [1.29, 1.82) is 0 Å². The molecule has 3 aromatic carbocycles. The first-order valence-electron chi connectivity index (χ1n) is 8.26. The highest BCUT2D eigenvalue weighted by Crippen LogP contribution is 2.34. The van der Waals surface area contributed by atoms with Gasteiger partial charge in [0.25, 0.3) is 5.91 Å². The maximum Gasteiger partial charge on any atom is 0.325 e. The average molecular weight is 330 g/mol. The number of fused-ring (bicyclic) bond motifs is 1. The van der Waals surface area contributed by atoms with Gasteiger partial charge in [0.05, 0.1) is 6.54 Å². The number of rotatable bonds is 3. The zero-order valence-corrected chi connectivity index (χ0v) is 13.9. The molecule has 1 saturated heterocycles. The third-order valence-electron chi connectivity index (χ3n) is 4.79. The van der Waals surface area contributed by atoms with Crippen LogP contribution in [-0.2, 0) is 16.9 Å². The minimum Gasteiger partial charge on any atom is -0.319 e. The number of nitrogens with zero attached hydrogens (tertiary/aromatic N) is 1. The van der Waals surface area contributed by atoms with E-state index in [1.54, 1.807) is 6.92 Å². The lowest BCUT2D eigenvalue weighted by Gasteiger charge is -2.24. The molecular weight excluding hydrogens is 312 g/mol. The molecule has 1 N–H and O–H groups in total. The molecule has 3 amide bonds. The SMILES string of the molecule is C[C@]1(c2cccc3ccccc23)NC(=O)N(Cc2ccccc2)C1=O. The van der Waals surface area contributed by atoms with Crippen LogP contribution >= 0.6 is 0 Å². The highest BCUT2D eigenvalue weighted by atomic mass is 16.2. The second-order valence-electron chi connectivity index (χ2n) is 6.46. The first-order chi connectivity index (χ1) is 12.1. The molecule has 1 aliphatic heterocycles. The van der Waals surface area contributed by atoms with Crippen LogP contribution in [-0.4, -0.2) is 16.8 Å². The lowest BCUT2D eigenvalue weighted by Crippen LogP contribution is -2.41. The van der Waals surface area contributed by atoms with E-state index in [4.69, 9.17) is 0 Å². The van der Waals surface area contributed by atoms with E-state index in [-0.39, 0.29) is 18.5 Å². The Hall–Kier alpha value is -3.14. The topological polar surface area (TPSA) is 49.4 Å². The van der Waals surface area contributed by atoms with Crippen molar-refractivity contribution in [2.24, 2.45) is 0 Å². The van der Waals surface area contributed by atoms with Gasteiger partial charge in [-0.15, -0.1) is 0 Å². The van der Waals surface area contributed by atoms with Crippen molar-refractivity contribution in [3.8, 4) is 0 Å². The van der Waals surface area contributed by atoms with Gasteiger partial charge in [-0.1, -0.05) is 72.8 Å². The number of carbonyl (C=O) groups is 2. The Labute approximate surface area is 146 Å². The van der Waals surface area contributed by atoms with Gasteiger partial charge in [-0.05, 0) is 28.8 Å².